The molecule has 9 nitrogen and oxygen atoms in total. The molecule has 1 heterocycles. The first-order chi connectivity index (χ1) is 22.5. The summed E-state index contributed by atoms with van der Waals surface area (Å²) in [6.45, 7) is 3.35. The number of ether oxygens (including phenoxy) is 2. The van der Waals surface area contributed by atoms with Gasteiger partial charge in [-0.05, 0) is 54.5 Å². The van der Waals surface area contributed by atoms with Crippen LogP contribution in [-0.4, -0.2) is 53.4 Å². The third-order valence-corrected chi connectivity index (χ3v) is 7.74. The molecule has 1 aliphatic heterocycles. The first kappa shape index (κ1) is 33.7. The van der Waals surface area contributed by atoms with E-state index in [0.717, 1.165) is 16.8 Å². The highest BCUT2D eigenvalue weighted by atomic mass is 32.2. The first-order valence-electron chi connectivity index (χ1n) is 14.7. The van der Waals surface area contributed by atoms with Gasteiger partial charge in [-0.1, -0.05) is 84.6 Å². The van der Waals surface area contributed by atoms with Crippen molar-refractivity contribution in [3.63, 3.8) is 0 Å². The van der Waals surface area contributed by atoms with Gasteiger partial charge in [0.1, 0.15) is 30.0 Å². The van der Waals surface area contributed by atoms with E-state index in [1.807, 2.05) is 85.8 Å². The van der Waals surface area contributed by atoms with Gasteiger partial charge >= 0.3 is 6.09 Å². The van der Waals surface area contributed by atoms with Crippen molar-refractivity contribution in [1.82, 2.24) is 15.5 Å². The number of hydrogen-bond donors (Lipinski definition) is 2. The van der Waals surface area contributed by atoms with Crippen LogP contribution in [0, 0.1) is 5.82 Å². The minimum Gasteiger partial charge on any atom is -0.492 e. The highest BCUT2D eigenvalue weighted by Crippen LogP contribution is 2.35. The van der Waals surface area contributed by atoms with Crippen LogP contribution in [-0.2, 0) is 20.9 Å². The summed E-state index contributed by atoms with van der Waals surface area (Å²) in [5, 5.41) is 5.19. The number of halogens is 1. The van der Waals surface area contributed by atoms with Crippen molar-refractivity contribution >= 4 is 41.0 Å². The zero-order chi connectivity index (χ0) is 32.6. The molecule has 0 spiro atoms. The molecule has 0 saturated carbocycles. The Hall–Kier alpha value is -5.16. The molecule has 11 heteroatoms. The second-order valence-electron chi connectivity index (χ2n) is 9.84. The average molecular weight is 643 g/mol. The van der Waals surface area contributed by atoms with Gasteiger partial charge in [-0.3, -0.25) is 14.5 Å². The van der Waals surface area contributed by atoms with E-state index in [4.69, 9.17) is 9.47 Å². The van der Waals surface area contributed by atoms with E-state index < -0.39 is 11.1 Å². The first-order valence-corrected chi connectivity index (χ1v) is 15.6. The fraction of sp³-hybridized carbons (Fsp3) is 0.200. The molecule has 1 aliphatic carbocycles. The lowest BCUT2D eigenvalue weighted by molar-refractivity contribution is -0.125. The molecule has 1 saturated heterocycles. The molecular formula is C35H35FN4O5S. The van der Waals surface area contributed by atoms with Crippen molar-refractivity contribution in [2.24, 2.45) is 4.99 Å². The average Bonchev–Trinajstić information content (AvgIpc) is 3.20. The number of nitrogens with zero attached hydrogens (tertiary/aromatic N) is 2. The topological polar surface area (TPSA) is 109 Å². The Morgan fingerprint density at radius 1 is 1.07 bits per heavy atom. The van der Waals surface area contributed by atoms with Crippen LogP contribution < -0.4 is 15.4 Å². The smallest absolute Gasteiger partial charge is 0.407 e. The molecule has 238 valence electrons. The molecule has 0 radical (unpaired) electrons. The van der Waals surface area contributed by atoms with E-state index in [-0.39, 0.29) is 18.6 Å². The van der Waals surface area contributed by atoms with Gasteiger partial charge in [0.15, 0.2) is 5.17 Å². The molecule has 3 aromatic carbocycles. The van der Waals surface area contributed by atoms with E-state index in [1.54, 1.807) is 23.1 Å². The van der Waals surface area contributed by atoms with E-state index in [9.17, 15) is 18.8 Å². The predicted octanol–water partition coefficient (Wildman–Crippen LogP) is 6.29. The number of carbonyl (C=O) groups excluding carboxylic acids is 3. The maximum atomic E-state index is 13.7. The summed E-state index contributed by atoms with van der Waals surface area (Å²) in [6.07, 6.45) is 8.23. The largest absolute Gasteiger partial charge is 0.492 e. The van der Waals surface area contributed by atoms with Crippen LogP contribution >= 0.6 is 11.8 Å². The van der Waals surface area contributed by atoms with Crippen molar-refractivity contribution < 1.29 is 28.2 Å². The number of carbonyl (C=O) groups is 3. The highest BCUT2D eigenvalue weighted by Gasteiger charge is 2.39. The Morgan fingerprint density at radius 2 is 1.83 bits per heavy atom. The second-order valence-corrected chi connectivity index (χ2v) is 10.9. The number of thioether (sulfide) groups is 1. The third-order valence-electron chi connectivity index (χ3n) is 6.51. The second kappa shape index (κ2) is 18.0. The van der Waals surface area contributed by atoms with Crippen molar-refractivity contribution in [3.05, 3.63) is 132 Å². The van der Waals surface area contributed by atoms with Gasteiger partial charge in [-0.25, -0.2) is 14.2 Å². The summed E-state index contributed by atoms with van der Waals surface area (Å²) < 4.78 is 24.4. The number of allylic oxidation sites excluding steroid dienone is 4. The van der Waals surface area contributed by atoms with Crippen LogP contribution in [0.4, 0.5) is 14.9 Å². The van der Waals surface area contributed by atoms with E-state index in [0.29, 0.717) is 49.1 Å². The third kappa shape index (κ3) is 10.5. The number of para-hydroxylation sites is 1. The summed E-state index contributed by atoms with van der Waals surface area (Å²) >= 11 is 1.31. The van der Waals surface area contributed by atoms with Gasteiger partial charge in [0.25, 0.3) is 0 Å². The highest BCUT2D eigenvalue weighted by molar-refractivity contribution is 8.15. The number of benzene rings is 3. The lowest BCUT2D eigenvalue weighted by atomic mass is 10.1. The zero-order valence-electron chi connectivity index (χ0n) is 25.3. The Kier molecular flexibility index (Phi) is 13.2. The number of nitrogens with one attached hydrogen (secondary N) is 2. The van der Waals surface area contributed by atoms with Crippen molar-refractivity contribution in [2.45, 2.75) is 25.2 Å². The molecule has 3 amide bonds. The number of hydrogen-bond acceptors (Lipinski definition) is 7. The zero-order valence-corrected chi connectivity index (χ0v) is 26.1. The maximum absolute atomic E-state index is 13.7. The molecule has 5 rings (SSSR count). The standard InChI is InChI=1S/C25H22FN3O3S.C10H13NO2/c26-19-7-5-9-21(16-19)28-25-29(14-15-32-22-10-2-1-3-11-22)24(31)23(33-25)18-6-4-8-20(13-12-18)27-17-30;1-2-11-10(12)13-8-9-6-4-3-5-7-9/h1-7,9-13,16-17,23H,8,14-15H2,(H,27,30);3-7H,2,8H2,1H3,(H,11,12). The van der Waals surface area contributed by atoms with Gasteiger partial charge in [-0.15, -0.1) is 0 Å². The van der Waals surface area contributed by atoms with Gasteiger partial charge in [0.2, 0.25) is 12.3 Å². The van der Waals surface area contributed by atoms with Crippen LogP contribution in [0.5, 0.6) is 5.75 Å². The molecule has 0 aromatic heterocycles. The Morgan fingerprint density at radius 3 is 2.54 bits per heavy atom. The molecule has 1 unspecified atom stereocenters. The predicted molar refractivity (Wildman–Crippen MR) is 178 cm³/mol. The number of rotatable bonds is 11. The Labute approximate surface area is 271 Å². The van der Waals surface area contributed by atoms with Crippen molar-refractivity contribution in [3.8, 4) is 5.75 Å². The minimum atomic E-state index is -0.503. The lowest BCUT2D eigenvalue weighted by Gasteiger charge is -2.17. The van der Waals surface area contributed by atoms with Crippen molar-refractivity contribution in [2.75, 3.05) is 19.7 Å². The molecule has 2 aliphatic rings. The SMILES string of the molecule is CCNC(=O)OCc1ccccc1.O=CNC1=CC=C(C2SC(=Nc3cccc(F)c3)N(CCOc3ccccc3)C2=O)C=CC1. The minimum absolute atomic E-state index is 0.122. The van der Waals surface area contributed by atoms with E-state index >= 15 is 0 Å². The molecule has 1 atom stereocenters. The van der Waals surface area contributed by atoms with Gasteiger partial charge in [0.05, 0.1) is 12.2 Å². The monoisotopic (exact) mass is 642 g/mol. The van der Waals surface area contributed by atoms with Crippen LogP contribution in [0.3, 0.4) is 0 Å². The summed E-state index contributed by atoms with van der Waals surface area (Å²) in [6, 6.07) is 24.9. The van der Waals surface area contributed by atoms with E-state index in [2.05, 4.69) is 15.6 Å². The molecule has 0 bridgehead atoms. The maximum Gasteiger partial charge on any atom is 0.407 e. The number of amidine groups is 1. The van der Waals surface area contributed by atoms with Crippen LogP contribution in [0.1, 0.15) is 18.9 Å². The fourth-order valence-electron chi connectivity index (χ4n) is 4.30. The van der Waals surface area contributed by atoms with Gasteiger partial charge < -0.3 is 20.1 Å². The van der Waals surface area contributed by atoms with Crippen LogP contribution in [0.2, 0.25) is 0 Å². The van der Waals surface area contributed by atoms with Crippen molar-refractivity contribution in [1.29, 1.82) is 0 Å². The van der Waals surface area contributed by atoms with Gasteiger partial charge in [0, 0.05) is 18.7 Å². The van der Waals surface area contributed by atoms with E-state index in [1.165, 1.54) is 23.9 Å². The molecular weight excluding hydrogens is 607 g/mol. The normalized spacial score (nSPS) is 16.4. The molecule has 3 aromatic rings. The van der Waals surface area contributed by atoms with Crippen LogP contribution in [0.15, 0.2) is 125 Å². The summed E-state index contributed by atoms with van der Waals surface area (Å²) in [5.41, 5.74) is 2.97. The number of amides is 3. The summed E-state index contributed by atoms with van der Waals surface area (Å²) in [7, 11) is 0. The summed E-state index contributed by atoms with van der Waals surface area (Å²) in [4.78, 5) is 41.1. The fourth-order valence-corrected chi connectivity index (χ4v) is 5.50. The van der Waals surface area contributed by atoms with Gasteiger partial charge in [-0.2, -0.15) is 0 Å². The Bertz CT molecular complexity index is 1590. The molecule has 1 fully saturated rings. The quantitative estimate of drug-likeness (QED) is 0.238. The molecule has 46 heavy (non-hydrogen) atoms. The summed E-state index contributed by atoms with van der Waals surface area (Å²) in [5.74, 6) is 0.200. The van der Waals surface area contributed by atoms with Crippen LogP contribution in [0.25, 0.3) is 0 Å². The lowest BCUT2D eigenvalue weighted by Crippen LogP contribution is -2.35. The number of aliphatic imine (C=N–C) groups is 1. The molecule has 2 N–H and O–H groups in total. The number of alkyl carbamates (subject to hydrolysis) is 1. The Balaban J connectivity index is 0.000000310.